The molecule has 0 bridgehead atoms. The zero-order valence-corrected chi connectivity index (χ0v) is 9.53. The van der Waals surface area contributed by atoms with Crippen molar-refractivity contribution in [1.29, 1.82) is 0 Å². The summed E-state index contributed by atoms with van der Waals surface area (Å²) in [5, 5.41) is 13.6. The molecule has 0 aliphatic rings. The summed E-state index contributed by atoms with van der Waals surface area (Å²) in [5.74, 6) is 1.42. The molecule has 2 atom stereocenters. The molecule has 0 saturated heterocycles. The van der Waals surface area contributed by atoms with Gasteiger partial charge in [-0.25, -0.2) is 0 Å². The highest BCUT2D eigenvalue weighted by molar-refractivity contribution is 4.96. The van der Waals surface area contributed by atoms with Gasteiger partial charge in [0, 0.05) is 12.5 Å². The molecular weight excluding hydrogens is 194 g/mol. The van der Waals surface area contributed by atoms with Crippen molar-refractivity contribution in [3.8, 4) is 0 Å². The Bertz CT molecular complexity index is 309. The fraction of sp³-hybridized carbons (Fsp3) is 0.800. The van der Waals surface area contributed by atoms with Gasteiger partial charge in [0.05, 0.1) is 12.0 Å². The Kier molecular flexibility index (Phi) is 3.82. The van der Waals surface area contributed by atoms with Crippen molar-refractivity contribution >= 4 is 0 Å². The van der Waals surface area contributed by atoms with Crippen LogP contribution >= 0.6 is 0 Å². The van der Waals surface area contributed by atoms with Crippen LogP contribution in [-0.4, -0.2) is 27.4 Å². The maximum Gasteiger partial charge on any atom is 0.229 e. The van der Waals surface area contributed by atoms with E-state index >= 15 is 0 Å². The first-order valence-corrected chi connectivity index (χ1v) is 5.23. The van der Waals surface area contributed by atoms with Crippen LogP contribution in [0.5, 0.6) is 0 Å². The largest absolute Gasteiger partial charge is 0.388 e. The monoisotopic (exact) mass is 213 g/mol. The van der Waals surface area contributed by atoms with E-state index in [-0.39, 0.29) is 12.5 Å². The predicted molar refractivity (Wildman–Crippen MR) is 56.4 cm³/mol. The quantitative estimate of drug-likeness (QED) is 0.757. The molecule has 0 saturated carbocycles. The summed E-state index contributed by atoms with van der Waals surface area (Å²) in [6, 6.07) is 0. The SMILES string of the molecule is CCC(C)c1noc(CC(C)(O)CN)n1. The fourth-order valence-corrected chi connectivity index (χ4v) is 1.12. The van der Waals surface area contributed by atoms with Gasteiger partial charge in [-0.15, -0.1) is 0 Å². The third kappa shape index (κ3) is 3.28. The zero-order valence-electron chi connectivity index (χ0n) is 9.53. The lowest BCUT2D eigenvalue weighted by atomic mass is 10.0. The average Bonchev–Trinajstić information content (AvgIpc) is 2.64. The van der Waals surface area contributed by atoms with Gasteiger partial charge in [0.1, 0.15) is 0 Å². The Balaban J connectivity index is 2.68. The van der Waals surface area contributed by atoms with Gasteiger partial charge in [0.25, 0.3) is 0 Å². The lowest BCUT2D eigenvalue weighted by Gasteiger charge is -2.17. The summed E-state index contributed by atoms with van der Waals surface area (Å²) in [5.41, 5.74) is 4.43. The van der Waals surface area contributed by atoms with Crippen LogP contribution in [0.2, 0.25) is 0 Å². The van der Waals surface area contributed by atoms with Crippen molar-refractivity contribution in [2.24, 2.45) is 5.73 Å². The van der Waals surface area contributed by atoms with Crippen LogP contribution in [0.25, 0.3) is 0 Å². The maximum atomic E-state index is 9.73. The standard InChI is InChI=1S/C10H19N3O2/c1-4-7(2)9-12-8(15-13-9)5-10(3,14)6-11/h7,14H,4-6,11H2,1-3H3. The molecule has 0 spiro atoms. The van der Waals surface area contributed by atoms with Crippen LogP contribution in [-0.2, 0) is 6.42 Å². The summed E-state index contributed by atoms with van der Waals surface area (Å²) in [4.78, 5) is 4.22. The number of hydrogen-bond acceptors (Lipinski definition) is 5. The van der Waals surface area contributed by atoms with E-state index in [1.54, 1.807) is 6.92 Å². The molecule has 1 aromatic rings. The second-order valence-electron chi connectivity index (χ2n) is 4.23. The van der Waals surface area contributed by atoms with Gasteiger partial charge in [0.2, 0.25) is 5.89 Å². The molecule has 0 aromatic carbocycles. The minimum absolute atomic E-state index is 0.175. The number of rotatable bonds is 5. The molecule has 0 aliphatic heterocycles. The Morgan fingerprint density at radius 3 is 2.80 bits per heavy atom. The molecule has 1 aromatic heterocycles. The zero-order chi connectivity index (χ0) is 11.5. The van der Waals surface area contributed by atoms with Crippen molar-refractivity contribution in [2.75, 3.05) is 6.54 Å². The van der Waals surface area contributed by atoms with E-state index in [1.165, 1.54) is 0 Å². The highest BCUT2D eigenvalue weighted by Gasteiger charge is 2.23. The highest BCUT2D eigenvalue weighted by atomic mass is 16.5. The molecule has 0 radical (unpaired) electrons. The Morgan fingerprint density at radius 2 is 2.27 bits per heavy atom. The van der Waals surface area contributed by atoms with Crippen molar-refractivity contribution in [2.45, 2.75) is 45.1 Å². The van der Waals surface area contributed by atoms with Crippen LogP contribution < -0.4 is 5.73 Å². The molecule has 86 valence electrons. The first-order valence-electron chi connectivity index (χ1n) is 5.23. The van der Waals surface area contributed by atoms with E-state index < -0.39 is 5.60 Å². The minimum atomic E-state index is -0.973. The summed E-state index contributed by atoms with van der Waals surface area (Å²) < 4.78 is 5.05. The minimum Gasteiger partial charge on any atom is -0.388 e. The van der Waals surface area contributed by atoms with Crippen LogP contribution in [0.1, 0.15) is 44.8 Å². The van der Waals surface area contributed by atoms with Crippen LogP contribution in [0.3, 0.4) is 0 Å². The Hall–Kier alpha value is -0.940. The molecule has 1 rings (SSSR count). The van der Waals surface area contributed by atoms with E-state index in [4.69, 9.17) is 10.3 Å². The van der Waals surface area contributed by atoms with Crippen molar-refractivity contribution < 1.29 is 9.63 Å². The molecular formula is C10H19N3O2. The summed E-state index contributed by atoms with van der Waals surface area (Å²) >= 11 is 0. The van der Waals surface area contributed by atoms with Gasteiger partial charge in [-0.05, 0) is 13.3 Å². The lowest BCUT2D eigenvalue weighted by molar-refractivity contribution is 0.0610. The van der Waals surface area contributed by atoms with E-state index in [0.29, 0.717) is 18.1 Å². The average molecular weight is 213 g/mol. The van der Waals surface area contributed by atoms with Gasteiger partial charge in [-0.2, -0.15) is 4.98 Å². The molecule has 5 nitrogen and oxygen atoms in total. The number of aromatic nitrogens is 2. The molecule has 3 N–H and O–H groups in total. The van der Waals surface area contributed by atoms with E-state index in [9.17, 15) is 5.11 Å². The second kappa shape index (κ2) is 4.72. The topological polar surface area (TPSA) is 85.2 Å². The first kappa shape index (κ1) is 12.1. The summed E-state index contributed by atoms with van der Waals surface area (Å²) in [6.45, 7) is 5.93. The fourth-order valence-electron chi connectivity index (χ4n) is 1.12. The molecule has 5 heteroatoms. The third-order valence-corrected chi connectivity index (χ3v) is 2.51. The Morgan fingerprint density at radius 1 is 1.60 bits per heavy atom. The normalized spacial score (nSPS) is 17.4. The number of hydrogen-bond donors (Lipinski definition) is 2. The molecule has 15 heavy (non-hydrogen) atoms. The summed E-state index contributed by atoms with van der Waals surface area (Å²) in [7, 11) is 0. The van der Waals surface area contributed by atoms with E-state index in [0.717, 1.165) is 6.42 Å². The maximum absolute atomic E-state index is 9.73. The lowest BCUT2D eigenvalue weighted by Crippen LogP contribution is -2.36. The molecule has 2 unspecified atom stereocenters. The van der Waals surface area contributed by atoms with Crippen molar-refractivity contribution in [3.63, 3.8) is 0 Å². The molecule has 1 heterocycles. The van der Waals surface area contributed by atoms with Gasteiger partial charge in [0.15, 0.2) is 5.82 Å². The molecule has 0 aliphatic carbocycles. The van der Waals surface area contributed by atoms with Gasteiger partial charge >= 0.3 is 0 Å². The van der Waals surface area contributed by atoms with Gasteiger partial charge in [-0.1, -0.05) is 19.0 Å². The van der Waals surface area contributed by atoms with Crippen LogP contribution in [0, 0.1) is 0 Å². The number of nitrogens with two attached hydrogens (primary N) is 1. The highest BCUT2D eigenvalue weighted by Crippen LogP contribution is 2.17. The van der Waals surface area contributed by atoms with Gasteiger partial charge in [-0.3, -0.25) is 0 Å². The molecule has 0 amide bonds. The van der Waals surface area contributed by atoms with Gasteiger partial charge < -0.3 is 15.4 Å². The van der Waals surface area contributed by atoms with E-state index in [1.807, 2.05) is 6.92 Å². The number of nitrogens with zero attached hydrogens (tertiary/aromatic N) is 2. The predicted octanol–water partition coefficient (Wildman–Crippen LogP) is 0.835. The van der Waals surface area contributed by atoms with Crippen molar-refractivity contribution in [1.82, 2.24) is 10.1 Å². The first-order chi connectivity index (χ1) is 6.98. The van der Waals surface area contributed by atoms with E-state index in [2.05, 4.69) is 17.1 Å². The summed E-state index contributed by atoms with van der Waals surface area (Å²) in [6.07, 6.45) is 1.26. The third-order valence-electron chi connectivity index (χ3n) is 2.51. The Labute approximate surface area is 89.7 Å². The van der Waals surface area contributed by atoms with Crippen LogP contribution in [0.4, 0.5) is 0 Å². The smallest absolute Gasteiger partial charge is 0.229 e. The molecule has 0 fully saturated rings. The second-order valence-corrected chi connectivity index (χ2v) is 4.23. The number of aliphatic hydroxyl groups is 1. The van der Waals surface area contributed by atoms with Crippen molar-refractivity contribution in [3.05, 3.63) is 11.7 Å². The van der Waals surface area contributed by atoms with Crippen LogP contribution in [0.15, 0.2) is 4.52 Å².